The molecule has 1 atom stereocenters. The molecule has 0 aromatic rings. The van der Waals surface area contributed by atoms with Gasteiger partial charge in [0.15, 0.2) is 0 Å². The van der Waals surface area contributed by atoms with Crippen LogP contribution in [-0.4, -0.2) is 30.5 Å². The number of nitrogens with zero attached hydrogens (tertiary/aromatic N) is 2. The second-order valence-electron chi connectivity index (χ2n) is 4.30. The molecule has 0 saturated heterocycles. The summed E-state index contributed by atoms with van der Waals surface area (Å²) in [6, 6.07) is 0.432. The summed E-state index contributed by atoms with van der Waals surface area (Å²) in [5, 5.41) is 0. The Morgan fingerprint density at radius 1 is 1.40 bits per heavy atom. The zero-order chi connectivity index (χ0) is 11.8. The van der Waals surface area contributed by atoms with Crippen molar-refractivity contribution in [2.45, 2.75) is 46.6 Å². The summed E-state index contributed by atoms with van der Waals surface area (Å²) < 4.78 is 0. The highest BCUT2D eigenvalue weighted by atomic mass is 15.4. The first-order chi connectivity index (χ1) is 7.04. The van der Waals surface area contributed by atoms with Gasteiger partial charge in [0, 0.05) is 19.6 Å². The lowest BCUT2D eigenvalue weighted by Gasteiger charge is -2.30. The predicted octanol–water partition coefficient (Wildman–Crippen LogP) is 1.58. The number of guanidine groups is 1. The molecule has 0 rings (SSSR count). The van der Waals surface area contributed by atoms with Crippen molar-refractivity contribution in [1.29, 1.82) is 0 Å². The van der Waals surface area contributed by atoms with E-state index in [4.69, 9.17) is 5.84 Å². The van der Waals surface area contributed by atoms with Gasteiger partial charge in [-0.05, 0) is 19.3 Å². The molecule has 0 bridgehead atoms. The number of hydrazine groups is 1. The molecule has 0 saturated carbocycles. The summed E-state index contributed by atoms with van der Waals surface area (Å²) in [5.74, 6) is 6.84. The van der Waals surface area contributed by atoms with Crippen LogP contribution in [0, 0.1) is 5.92 Å². The SMILES string of the molecule is CCCCN=C(NN)N(C)C(C)C(C)C. The minimum absolute atomic E-state index is 0.432. The van der Waals surface area contributed by atoms with Crippen LogP contribution in [0.25, 0.3) is 0 Å². The highest BCUT2D eigenvalue weighted by Crippen LogP contribution is 2.07. The number of hydrogen-bond donors (Lipinski definition) is 2. The van der Waals surface area contributed by atoms with Crippen LogP contribution in [0.5, 0.6) is 0 Å². The molecule has 4 heteroatoms. The van der Waals surface area contributed by atoms with E-state index in [2.05, 4.69) is 43.0 Å². The number of rotatable bonds is 5. The minimum atomic E-state index is 0.432. The normalized spacial score (nSPS) is 14.2. The smallest absolute Gasteiger partial charge is 0.208 e. The molecule has 0 aliphatic heterocycles. The molecule has 0 fully saturated rings. The standard InChI is InChI=1S/C11H26N4/c1-6-7-8-13-11(14-12)15(5)10(4)9(2)3/h9-10H,6-8,12H2,1-5H3,(H,13,14). The lowest BCUT2D eigenvalue weighted by Crippen LogP contribution is -2.48. The fraction of sp³-hybridized carbons (Fsp3) is 0.909. The summed E-state index contributed by atoms with van der Waals surface area (Å²) in [6.45, 7) is 9.57. The van der Waals surface area contributed by atoms with Crippen LogP contribution in [0.2, 0.25) is 0 Å². The van der Waals surface area contributed by atoms with E-state index in [0.717, 1.165) is 25.3 Å². The van der Waals surface area contributed by atoms with E-state index in [9.17, 15) is 0 Å². The fourth-order valence-electron chi connectivity index (χ4n) is 1.24. The first kappa shape index (κ1) is 14.2. The second kappa shape index (κ2) is 7.51. The first-order valence-corrected chi connectivity index (χ1v) is 5.78. The van der Waals surface area contributed by atoms with E-state index >= 15 is 0 Å². The van der Waals surface area contributed by atoms with Crippen molar-refractivity contribution < 1.29 is 0 Å². The maximum Gasteiger partial charge on any atom is 0.208 e. The van der Waals surface area contributed by atoms with Gasteiger partial charge in [0.25, 0.3) is 0 Å². The number of unbranched alkanes of at least 4 members (excludes halogenated alkanes) is 1. The van der Waals surface area contributed by atoms with Crippen LogP contribution in [0.15, 0.2) is 4.99 Å². The summed E-state index contributed by atoms with van der Waals surface area (Å²) >= 11 is 0. The molecule has 15 heavy (non-hydrogen) atoms. The Bertz CT molecular complexity index is 189. The van der Waals surface area contributed by atoms with Gasteiger partial charge in [-0.2, -0.15) is 0 Å². The number of hydrogen-bond acceptors (Lipinski definition) is 2. The molecule has 0 aliphatic rings. The largest absolute Gasteiger partial charge is 0.342 e. The Balaban J connectivity index is 4.32. The number of nitrogens with two attached hydrogens (primary N) is 1. The zero-order valence-corrected chi connectivity index (χ0v) is 10.7. The molecule has 0 aromatic heterocycles. The van der Waals surface area contributed by atoms with Crippen LogP contribution in [-0.2, 0) is 0 Å². The van der Waals surface area contributed by atoms with Gasteiger partial charge in [0.05, 0.1) is 0 Å². The number of nitrogens with one attached hydrogen (secondary N) is 1. The van der Waals surface area contributed by atoms with Gasteiger partial charge in [0.2, 0.25) is 5.96 Å². The van der Waals surface area contributed by atoms with E-state index in [-0.39, 0.29) is 0 Å². The van der Waals surface area contributed by atoms with Gasteiger partial charge >= 0.3 is 0 Å². The molecule has 0 aromatic carbocycles. The molecule has 0 radical (unpaired) electrons. The van der Waals surface area contributed by atoms with Gasteiger partial charge in [0.1, 0.15) is 0 Å². The van der Waals surface area contributed by atoms with Crippen LogP contribution in [0.1, 0.15) is 40.5 Å². The van der Waals surface area contributed by atoms with E-state index in [0.29, 0.717) is 12.0 Å². The molecule has 90 valence electrons. The molecular weight excluding hydrogens is 188 g/mol. The summed E-state index contributed by atoms with van der Waals surface area (Å²) in [6.07, 6.45) is 2.26. The summed E-state index contributed by atoms with van der Waals surface area (Å²) in [7, 11) is 2.02. The number of aliphatic imine (C=N–C) groups is 1. The van der Waals surface area contributed by atoms with E-state index in [1.807, 2.05) is 7.05 Å². The molecule has 3 N–H and O–H groups in total. The zero-order valence-electron chi connectivity index (χ0n) is 10.7. The van der Waals surface area contributed by atoms with Crippen LogP contribution >= 0.6 is 0 Å². The highest BCUT2D eigenvalue weighted by molar-refractivity contribution is 5.79. The minimum Gasteiger partial charge on any atom is -0.342 e. The van der Waals surface area contributed by atoms with Crippen molar-refractivity contribution in [2.24, 2.45) is 16.8 Å². The van der Waals surface area contributed by atoms with Gasteiger partial charge < -0.3 is 4.90 Å². The lowest BCUT2D eigenvalue weighted by atomic mass is 10.1. The fourth-order valence-corrected chi connectivity index (χ4v) is 1.24. The highest BCUT2D eigenvalue weighted by Gasteiger charge is 2.15. The predicted molar refractivity (Wildman–Crippen MR) is 66.6 cm³/mol. The Morgan fingerprint density at radius 2 is 2.00 bits per heavy atom. The maximum atomic E-state index is 5.47. The Morgan fingerprint density at radius 3 is 2.40 bits per heavy atom. The molecular formula is C11H26N4. The summed E-state index contributed by atoms with van der Waals surface area (Å²) in [4.78, 5) is 6.54. The third-order valence-corrected chi connectivity index (χ3v) is 2.81. The average Bonchev–Trinajstić information content (AvgIpc) is 2.22. The molecule has 0 aliphatic carbocycles. The van der Waals surface area contributed by atoms with Crippen LogP contribution in [0.4, 0.5) is 0 Å². The van der Waals surface area contributed by atoms with Gasteiger partial charge in [-0.15, -0.1) is 0 Å². The molecule has 1 unspecified atom stereocenters. The second-order valence-corrected chi connectivity index (χ2v) is 4.30. The van der Waals surface area contributed by atoms with Crippen LogP contribution < -0.4 is 11.3 Å². The van der Waals surface area contributed by atoms with Crippen molar-refractivity contribution in [2.75, 3.05) is 13.6 Å². The third-order valence-electron chi connectivity index (χ3n) is 2.81. The van der Waals surface area contributed by atoms with E-state index in [1.165, 1.54) is 0 Å². The third kappa shape index (κ3) is 5.02. The lowest BCUT2D eigenvalue weighted by molar-refractivity contribution is 0.300. The van der Waals surface area contributed by atoms with Gasteiger partial charge in [-0.1, -0.05) is 27.2 Å². The van der Waals surface area contributed by atoms with Crippen molar-refractivity contribution in [3.63, 3.8) is 0 Å². The summed E-state index contributed by atoms with van der Waals surface area (Å²) in [5.41, 5.74) is 2.67. The molecule has 0 heterocycles. The quantitative estimate of drug-likeness (QED) is 0.240. The monoisotopic (exact) mass is 214 g/mol. The van der Waals surface area contributed by atoms with Crippen molar-refractivity contribution in [3.8, 4) is 0 Å². The van der Waals surface area contributed by atoms with Crippen molar-refractivity contribution in [3.05, 3.63) is 0 Å². The van der Waals surface area contributed by atoms with E-state index < -0.39 is 0 Å². The average molecular weight is 214 g/mol. The molecule has 4 nitrogen and oxygen atoms in total. The maximum absolute atomic E-state index is 5.47. The first-order valence-electron chi connectivity index (χ1n) is 5.78. The Hall–Kier alpha value is -0.770. The van der Waals surface area contributed by atoms with Gasteiger partial charge in [-0.3, -0.25) is 10.4 Å². The molecule has 0 spiro atoms. The van der Waals surface area contributed by atoms with Crippen LogP contribution in [0.3, 0.4) is 0 Å². The Kier molecular flexibility index (Phi) is 7.13. The van der Waals surface area contributed by atoms with Gasteiger partial charge in [-0.25, -0.2) is 5.84 Å². The topological polar surface area (TPSA) is 53.6 Å². The van der Waals surface area contributed by atoms with E-state index in [1.54, 1.807) is 0 Å². The Labute approximate surface area is 93.9 Å². The van der Waals surface area contributed by atoms with Crippen molar-refractivity contribution in [1.82, 2.24) is 10.3 Å². The van der Waals surface area contributed by atoms with Crippen molar-refractivity contribution >= 4 is 5.96 Å². The molecule has 0 amide bonds.